The zero-order valence-electron chi connectivity index (χ0n) is 11.9. The average molecular weight is 344 g/mol. The number of benzene rings is 1. The predicted molar refractivity (Wildman–Crippen MR) is 78.4 cm³/mol. The number of ether oxygens (including phenoxy) is 1. The highest BCUT2D eigenvalue weighted by Crippen LogP contribution is 2.27. The van der Waals surface area contributed by atoms with Crippen molar-refractivity contribution < 1.29 is 19.4 Å². The van der Waals surface area contributed by atoms with Crippen molar-refractivity contribution >= 4 is 27.9 Å². The van der Waals surface area contributed by atoms with Crippen molar-refractivity contribution in [2.45, 2.75) is 31.9 Å². The number of carbonyl (C=O) groups is 2. The maximum Gasteiger partial charge on any atom is 0.343 e. The molecule has 2 N–H and O–H groups in total. The Bertz CT molecular complexity index is 507. The molecule has 0 amide bonds. The number of likely N-dealkylation sites (N-methyl/N-ethyl adjacent to an activating group) is 1. The number of nitrogens with one attached hydrogen (secondary N) is 1. The van der Waals surface area contributed by atoms with E-state index in [0.29, 0.717) is 5.56 Å². The summed E-state index contributed by atoms with van der Waals surface area (Å²) in [4.78, 5) is 24.1. The molecule has 0 aliphatic carbocycles. The number of hydrogen-bond acceptors (Lipinski definition) is 4. The molecule has 0 bridgehead atoms. The Balaban J connectivity index is 3.33. The number of carbonyl (C=O) groups excluding carboxylic acids is 1. The van der Waals surface area contributed by atoms with E-state index in [-0.39, 0.29) is 0 Å². The summed E-state index contributed by atoms with van der Waals surface area (Å²) in [6.07, 6.45) is 0. The van der Waals surface area contributed by atoms with Gasteiger partial charge in [-0.1, -0.05) is 28.1 Å². The molecule has 1 aromatic rings. The molecule has 0 spiro atoms. The molecule has 0 saturated heterocycles. The van der Waals surface area contributed by atoms with E-state index in [4.69, 9.17) is 4.74 Å². The van der Waals surface area contributed by atoms with E-state index in [9.17, 15) is 14.7 Å². The van der Waals surface area contributed by atoms with E-state index >= 15 is 0 Å². The standard InChI is InChI=1S/C14H18BrNO4/c1-13(2,3)20-12(19)14(16-4,11(17)18)9-5-7-10(15)8-6-9/h5-8,16H,1-4H3,(H,17,18). The molecule has 0 heterocycles. The molecule has 0 aliphatic rings. The Kier molecular flexibility index (Phi) is 4.94. The van der Waals surface area contributed by atoms with E-state index in [2.05, 4.69) is 21.2 Å². The number of halogens is 1. The highest BCUT2D eigenvalue weighted by Gasteiger charge is 2.49. The van der Waals surface area contributed by atoms with Crippen LogP contribution in [0.3, 0.4) is 0 Å². The third-order valence-corrected chi connectivity index (χ3v) is 3.21. The Morgan fingerprint density at radius 2 is 1.70 bits per heavy atom. The van der Waals surface area contributed by atoms with Gasteiger partial charge < -0.3 is 9.84 Å². The minimum Gasteiger partial charge on any atom is -0.479 e. The third-order valence-electron chi connectivity index (χ3n) is 2.68. The minimum absolute atomic E-state index is 0.310. The van der Waals surface area contributed by atoms with Crippen molar-refractivity contribution in [3.63, 3.8) is 0 Å². The lowest BCUT2D eigenvalue weighted by Gasteiger charge is -2.31. The fourth-order valence-corrected chi connectivity index (χ4v) is 2.00. The van der Waals surface area contributed by atoms with Crippen LogP contribution in [0.4, 0.5) is 0 Å². The molecule has 1 unspecified atom stereocenters. The summed E-state index contributed by atoms with van der Waals surface area (Å²) < 4.78 is 6.04. The van der Waals surface area contributed by atoms with Gasteiger partial charge in [-0.15, -0.1) is 0 Å². The quantitative estimate of drug-likeness (QED) is 0.648. The van der Waals surface area contributed by atoms with Crippen molar-refractivity contribution in [1.82, 2.24) is 5.32 Å². The fourth-order valence-electron chi connectivity index (χ4n) is 1.74. The number of aliphatic carboxylic acids is 1. The molecule has 0 aromatic heterocycles. The van der Waals surface area contributed by atoms with E-state index in [1.807, 2.05) is 0 Å². The van der Waals surface area contributed by atoms with Crippen molar-refractivity contribution in [2.24, 2.45) is 0 Å². The van der Waals surface area contributed by atoms with Crippen LogP contribution in [-0.2, 0) is 19.9 Å². The largest absolute Gasteiger partial charge is 0.479 e. The first-order valence-electron chi connectivity index (χ1n) is 6.05. The van der Waals surface area contributed by atoms with Crippen LogP contribution in [0.5, 0.6) is 0 Å². The van der Waals surface area contributed by atoms with Crippen LogP contribution in [0.2, 0.25) is 0 Å². The predicted octanol–water partition coefficient (Wildman–Crippen LogP) is 2.29. The van der Waals surface area contributed by atoms with Gasteiger partial charge in [0.1, 0.15) is 5.60 Å². The molecule has 1 rings (SSSR count). The Hall–Kier alpha value is -1.40. The second-order valence-electron chi connectivity index (χ2n) is 5.31. The van der Waals surface area contributed by atoms with Gasteiger partial charge in [-0.2, -0.15) is 0 Å². The van der Waals surface area contributed by atoms with Gasteiger partial charge in [0.15, 0.2) is 0 Å². The highest BCUT2D eigenvalue weighted by atomic mass is 79.9. The van der Waals surface area contributed by atoms with Gasteiger partial charge in [-0.25, -0.2) is 9.59 Å². The minimum atomic E-state index is -1.92. The molecule has 5 nitrogen and oxygen atoms in total. The van der Waals surface area contributed by atoms with Crippen LogP contribution in [0.25, 0.3) is 0 Å². The first-order chi connectivity index (χ1) is 9.13. The van der Waals surface area contributed by atoms with Gasteiger partial charge in [0.2, 0.25) is 5.54 Å². The van der Waals surface area contributed by atoms with E-state index in [1.165, 1.54) is 7.05 Å². The van der Waals surface area contributed by atoms with Gasteiger partial charge in [0, 0.05) is 4.47 Å². The molecule has 1 aromatic carbocycles. The van der Waals surface area contributed by atoms with Crippen molar-refractivity contribution in [1.29, 1.82) is 0 Å². The number of hydrogen-bond donors (Lipinski definition) is 2. The summed E-state index contributed by atoms with van der Waals surface area (Å²) >= 11 is 3.27. The molecule has 0 radical (unpaired) electrons. The zero-order chi connectivity index (χ0) is 15.6. The third kappa shape index (κ3) is 3.37. The van der Waals surface area contributed by atoms with Crippen LogP contribution >= 0.6 is 15.9 Å². The second-order valence-corrected chi connectivity index (χ2v) is 6.23. The first-order valence-corrected chi connectivity index (χ1v) is 6.84. The van der Waals surface area contributed by atoms with Crippen molar-refractivity contribution in [2.75, 3.05) is 7.05 Å². The maximum absolute atomic E-state index is 12.4. The summed E-state index contributed by atoms with van der Waals surface area (Å²) in [7, 11) is 1.42. The molecule has 1 atom stereocenters. The fraction of sp³-hybridized carbons (Fsp3) is 0.429. The molecular formula is C14H18BrNO4. The molecule has 20 heavy (non-hydrogen) atoms. The lowest BCUT2D eigenvalue weighted by Crippen LogP contribution is -2.56. The highest BCUT2D eigenvalue weighted by molar-refractivity contribution is 9.10. The van der Waals surface area contributed by atoms with Gasteiger partial charge in [-0.3, -0.25) is 5.32 Å². The number of carboxylic acids is 1. The van der Waals surface area contributed by atoms with E-state index in [1.54, 1.807) is 45.0 Å². The topological polar surface area (TPSA) is 75.6 Å². The van der Waals surface area contributed by atoms with Crippen LogP contribution in [-0.4, -0.2) is 29.7 Å². The normalized spacial score (nSPS) is 14.4. The summed E-state index contributed by atoms with van der Waals surface area (Å²) in [6, 6.07) is 6.49. The van der Waals surface area contributed by atoms with Crippen LogP contribution in [0.1, 0.15) is 26.3 Å². The van der Waals surface area contributed by atoms with E-state index in [0.717, 1.165) is 4.47 Å². The van der Waals surface area contributed by atoms with Gasteiger partial charge in [-0.05, 0) is 45.5 Å². The van der Waals surface area contributed by atoms with E-state index < -0.39 is 23.1 Å². The van der Waals surface area contributed by atoms with Crippen LogP contribution in [0, 0.1) is 0 Å². The maximum atomic E-state index is 12.4. The second kappa shape index (κ2) is 5.93. The molecule has 6 heteroatoms. The zero-order valence-corrected chi connectivity index (χ0v) is 13.4. The van der Waals surface area contributed by atoms with Crippen LogP contribution < -0.4 is 5.32 Å². The molecule has 0 aliphatic heterocycles. The molecule has 0 fully saturated rings. The average Bonchev–Trinajstić information content (AvgIpc) is 2.30. The molecule has 110 valence electrons. The van der Waals surface area contributed by atoms with Crippen LogP contribution in [0.15, 0.2) is 28.7 Å². The SMILES string of the molecule is CNC(C(=O)O)(C(=O)OC(C)(C)C)c1ccc(Br)cc1. The Morgan fingerprint density at radius 1 is 1.20 bits per heavy atom. The number of carboxylic acid groups (broad SMARTS) is 1. The number of esters is 1. The smallest absolute Gasteiger partial charge is 0.343 e. The number of rotatable bonds is 4. The summed E-state index contributed by atoms with van der Waals surface area (Å²) in [5, 5.41) is 12.1. The summed E-state index contributed by atoms with van der Waals surface area (Å²) in [5.74, 6) is -2.15. The summed E-state index contributed by atoms with van der Waals surface area (Å²) in [6.45, 7) is 5.07. The Morgan fingerprint density at radius 3 is 2.05 bits per heavy atom. The van der Waals surface area contributed by atoms with Crippen molar-refractivity contribution in [3.05, 3.63) is 34.3 Å². The van der Waals surface area contributed by atoms with Gasteiger partial charge in [0.05, 0.1) is 0 Å². The summed E-state index contributed by atoms with van der Waals surface area (Å²) in [5.41, 5.74) is -2.39. The molecule has 0 saturated carbocycles. The first kappa shape index (κ1) is 16.7. The monoisotopic (exact) mass is 343 g/mol. The Labute approximate surface area is 126 Å². The lowest BCUT2D eigenvalue weighted by atomic mass is 9.90. The van der Waals surface area contributed by atoms with Crippen molar-refractivity contribution in [3.8, 4) is 0 Å². The molecular weight excluding hydrogens is 326 g/mol. The van der Waals surface area contributed by atoms with Gasteiger partial charge >= 0.3 is 11.9 Å². The lowest BCUT2D eigenvalue weighted by molar-refractivity contribution is -0.171. The van der Waals surface area contributed by atoms with Gasteiger partial charge in [0.25, 0.3) is 0 Å².